The third-order valence-electron chi connectivity index (χ3n) is 6.52. The predicted molar refractivity (Wildman–Crippen MR) is 124 cm³/mol. The van der Waals surface area contributed by atoms with Crippen molar-refractivity contribution in [3.8, 4) is 17.2 Å². The lowest BCUT2D eigenvalue weighted by atomic mass is 9.73. The third kappa shape index (κ3) is 3.22. The number of nitrogens with zero attached hydrogens (tertiary/aromatic N) is 1. The Balaban J connectivity index is 1.59. The summed E-state index contributed by atoms with van der Waals surface area (Å²) in [5, 5.41) is 11.3. The second kappa shape index (κ2) is 8.13. The Morgan fingerprint density at radius 3 is 2.63 bits per heavy atom. The summed E-state index contributed by atoms with van der Waals surface area (Å²) in [6.45, 7) is 1.78. The molecule has 0 aromatic heterocycles. The minimum Gasteiger partial charge on any atom is -0.507 e. The van der Waals surface area contributed by atoms with Gasteiger partial charge in [-0.3, -0.25) is 14.6 Å². The lowest BCUT2D eigenvalue weighted by Gasteiger charge is -2.36. The Bertz CT molecular complexity index is 1380. The average Bonchev–Trinajstić information content (AvgIpc) is 3.37. The van der Waals surface area contributed by atoms with Gasteiger partial charge in [0, 0.05) is 30.2 Å². The lowest BCUT2D eigenvalue weighted by molar-refractivity contribution is -0.118. The number of cyclic esters (lactones) is 1. The molecule has 9 nitrogen and oxygen atoms in total. The van der Waals surface area contributed by atoms with Crippen molar-refractivity contribution >= 4 is 41.0 Å². The van der Waals surface area contributed by atoms with Crippen LogP contribution in [0.4, 0.5) is 5.69 Å². The van der Waals surface area contributed by atoms with E-state index in [9.17, 15) is 19.5 Å². The van der Waals surface area contributed by atoms with Crippen molar-refractivity contribution in [1.29, 1.82) is 0 Å². The van der Waals surface area contributed by atoms with E-state index in [1.54, 1.807) is 25.1 Å². The molecule has 2 aromatic rings. The molecule has 3 aliphatic rings. The van der Waals surface area contributed by atoms with Crippen LogP contribution in [-0.4, -0.2) is 48.7 Å². The Kier molecular flexibility index (Phi) is 5.32. The van der Waals surface area contributed by atoms with Crippen LogP contribution in [0.3, 0.4) is 0 Å². The SMILES string of the molecule is COc1cc(OC)c2c(c1Cl)O[C@]1(C2=O)C(O)=C(C=Nc2ccc3c(c2)COC3=O)C(=O)C[C@H]1C. The molecule has 0 saturated carbocycles. The maximum atomic E-state index is 13.7. The van der Waals surface area contributed by atoms with Crippen LogP contribution in [0.25, 0.3) is 0 Å². The number of aliphatic hydroxyl groups excluding tert-OH is 1. The number of rotatable bonds is 4. The van der Waals surface area contributed by atoms with Crippen molar-refractivity contribution in [3.63, 3.8) is 0 Å². The molecule has 2 atom stereocenters. The van der Waals surface area contributed by atoms with E-state index < -0.39 is 34.8 Å². The maximum Gasteiger partial charge on any atom is 0.338 e. The van der Waals surface area contributed by atoms with Gasteiger partial charge >= 0.3 is 5.97 Å². The van der Waals surface area contributed by atoms with Crippen molar-refractivity contribution < 1.29 is 38.4 Å². The predicted octanol–water partition coefficient (Wildman–Crippen LogP) is 4.17. The van der Waals surface area contributed by atoms with Crippen LogP contribution < -0.4 is 14.2 Å². The lowest BCUT2D eigenvalue weighted by Crippen LogP contribution is -2.52. The fraction of sp³-hybridized carbons (Fsp3) is 0.280. The molecule has 0 fully saturated rings. The van der Waals surface area contributed by atoms with Gasteiger partial charge in [-0.15, -0.1) is 0 Å². The topological polar surface area (TPSA) is 121 Å². The number of carbonyl (C=O) groups is 3. The number of allylic oxidation sites excluding steroid dienone is 1. The first kappa shape index (κ1) is 22.9. The van der Waals surface area contributed by atoms with E-state index in [-0.39, 0.29) is 46.4 Å². The van der Waals surface area contributed by atoms with Gasteiger partial charge in [0.15, 0.2) is 17.3 Å². The molecule has 2 aliphatic heterocycles. The molecular formula is C25H20ClNO8. The van der Waals surface area contributed by atoms with E-state index >= 15 is 0 Å². The second-order valence-corrected chi connectivity index (χ2v) is 8.81. The number of esters is 1. The molecule has 0 radical (unpaired) electrons. The highest BCUT2D eigenvalue weighted by Crippen LogP contribution is 2.54. The Morgan fingerprint density at radius 1 is 1.17 bits per heavy atom. The van der Waals surface area contributed by atoms with Crippen LogP contribution >= 0.6 is 11.6 Å². The quantitative estimate of drug-likeness (QED) is 0.493. The zero-order valence-electron chi connectivity index (χ0n) is 19.0. The summed E-state index contributed by atoms with van der Waals surface area (Å²) >= 11 is 6.43. The summed E-state index contributed by atoms with van der Waals surface area (Å²) < 4.78 is 21.7. The average molecular weight is 498 g/mol. The van der Waals surface area contributed by atoms with Crippen LogP contribution in [-0.2, 0) is 16.1 Å². The molecule has 1 aliphatic carbocycles. The van der Waals surface area contributed by atoms with Crippen LogP contribution in [0, 0.1) is 5.92 Å². The van der Waals surface area contributed by atoms with Gasteiger partial charge in [-0.2, -0.15) is 0 Å². The number of fused-ring (bicyclic) bond motifs is 2. The molecule has 0 amide bonds. The van der Waals surface area contributed by atoms with Crippen molar-refractivity contribution in [2.75, 3.05) is 14.2 Å². The summed E-state index contributed by atoms with van der Waals surface area (Å²) in [5.74, 6) is -2.22. The molecule has 180 valence electrons. The number of methoxy groups -OCH3 is 2. The number of carbonyl (C=O) groups excluding carboxylic acids is 3. The number of Topliss-reactive ketones (excluding diaryl/α,β-unsaturated/α-hetero) is 2. The minimum absolute atomic E-state index is 0.0141. The molecule has 10 heteroatoms. The van der Waals surface area contributed by atoms with E-state index in [2.05, 4.69) is 4.99 Å². The zero-order chi connectivity index (χ0) is 25.1. The van der Waals surface area contributed by atoms with Gasteiger partial charge in [-0.1, -0.05) is 18.5 Å². The number of hydrogen-bond acceptors (Lipinski definition) is 9. The van der Waals surface area contributed by atoms with Crippen molar-refractivity contribution in [2.45, 2.75) is 25.6 Å². The normalized spacial score (nSPS) is 23.0. The first-order valence-electron chi connectivity index (χ1n) is 10.7. The van der Waals surface area contributed by atoms with Crippen LogP contribution in [0.15, 0.2) is 40.6 Å². The molecule has 1 N–H and O–H groups in total. The molecular weight excluding hydrogens is 478 g/mol. The second-order valence-electron chi connectivity index (χ2n) is 8.43. The highest BCUT2D eigenvalue weighted by Gasteiger charge is 2.60. The maximum absolute atomic E-state index is 13.7. The molecule has 2 aromatic carbocycles. The fourth-order valence-corrected chi connectivity index (χ4v) is 4.92. The van der Waals surface area contributed by atoms with Gasteiger partial charge in [0.2, 0.25) is 11.4 Å². The van der Waals surface area contributed by atoms with Crippen molar-refractivity contribution in [2.24, 2.45) is 10.9 Å². The highest BCUT2D eigenvalue weighted by atomic mass is 35.5. The number of hydrogen-bond donors (Lipinski definition) is 1. The molecule has 35 heavy (non-hydrogen) atoms. The summed E-state index contributed by atoms with van der Waals surface area (Å²) in [6, 6.07) is 6.30. The fourth-order valence-electron chi connectivity index (χ4n) is 4.65. The smallest absolute Gasteiger partial charge is 0.338 e. The minimum atomic E-state index is -1.88. The van der Waals surface area contributed by atoms with Crippen molar-refractivity contribution in [1.82, 2.24) is 0 Å². The van der Waals surface area contributed by atoms with Gasteiger partial charge in [0.1, 0.15) is 28.7 Å². The molecule has 0 bridgehead atoms. The van der Waals surface area contributed by atoms with E-state index in [1.807, 2.05) is 0 Å². The highest BCUT2D eigenvalue weighted by molar-refractivity contribution is 6.35. The van der Waals surface area contributed by atoms with Gasteiger partial charge in [-0.05, 0) is 18.2 Å². The number of aliphatic imine (C=N–C) groups is 1. The van der Waals surface area contributed by atoms with E-state index in [0.717, 1.165) is 0 Å². The summed E-state index contributed by atoms with van der Waals surface area (Å²) in [7, 11) is 2.80. The van der Waals surface area contributed by atoms with Gasteiger partial charge < -0.3 is 24.1 Å². The van der Waals surface area contributed by atoms with Crippen molar-refractivity contribution in [3.05, 3.63) is 57.3 Å². The molecule has 0 unspecified atom stereocenters. The van der Waals surface area contributed by atoms with Gasteiger partial charge in [0.05, 0.1) is 31.0 Å². The standard InChI is InChI=1S/C25H20ClNO8/c1-11-6-16(28)15(9-27-13-4-5-14-12(7-13)10-34-24(14)31)22(29)25(11)23(30)19-17(32-2)8-18(33-3)20(26)21(19)35-25/h4-5,7-9,11,29H,6,10H2,1-3H3/t11-,25+/m1/s1. The molecule has 5 rings (SSSR count). The van der Waals surface area contributed by atoms with Crippen LogP contribution in [0.1, 0.15) is 39.6 Å². The van der Waals surface area contributed by atoms with E-state index in [1.165, 1.54) is 26.5 Å². The summed E-state index contributed by atoms with van der Waals surface area (Å²) in [6.07, 6.45) is 1.12. The number of ether oxygens (including phenoxy) is 4. The Morgan fingerprint density at radius 2 is 1.91 bits per heavy atom. The third-order valence-corrected chi connectivity index (χ3v) is 6.88. The Labute approximate surface area is 204 Å². The number of halogens is 1. The molecule has 1 spiro atoms. The molecule has 2 heterocycles. The van der Waals surface area contributed by atoms with E-state index in [0.29, 0.717) is 16.8 Å². The van der Waals surface area contributed by atoms with Crippen LogP contribution in [0.5, 0.6) is 17.2 Å². The number of aliphatic hydroxyl groups is 1. The monoisotopic (exact) mass is 497 g/mol. The largest absolute Gasteiger partial charge is 0.507 e. The van der Waals surface area contributed by atoms with Gasteiger partial charge in [-0.25, -0.2) is 4.79 Å². The summed E-state index contributed by atoms with van der Waals surface area (Å²) in [4.78, 5) is 42.5. The first-order valence-corrected chi connectivity index (χ1v) is 11.1. The zero-order valence-corrected chi connectivity index (χ0v) is 19.8. The number of ketones is 2. The number of benzene rings is 2. The summed E-state index contributed by atoms with van der Waals surface area (Å²) in [5.41, 5.74) is -0.400. The van der Waals surface area contributed by atoms with E-state index in [4.69, 9.17) is 30.5 Å². The Hall–Kier alpha value is -3.85. The van der Waals surface area contributed by atoms with Gasteiger partial charge in [0.25, 0.3) is 0 Å². The first-order chi connectivity index (χ1) is 16.7. The molecule has 0 saturated heterocycles. The van der Waals surface area contributed by atoms with Crippen LogP contribution in [0.2, 0.25) is 5.02 Å².